The second-order valence-electron chi connectivity index (χ2n) is 2.94. The molecule has 2 rings (SSSR count). The van der Waals surface area contributed by atoms with Crippen molar-refractivity contribution in [1.82, 2.24) is 8.75 Å². The lowest BCUT2D eigenvalue weighted by atomic mass is 10.1. The Labute approximate surface area is 95.0 Å². The number of nitrogens with zero attached hydrogens (tertiary/aromatic N) is 2. The first-order chi connectivity index (χ1) is 7.74. The SMILES string of the molecule is COc1cccc(C(=O)c2cnsn2)c1F. The van der Waals surface area contributed by atoms with Gasteiger partial charge in [-0.25, -0.2) is 4.39 Å². The molecule has 0 saturated carbocycles. The van der Waals surface area contributed by atoms with Crippen LogP contribution in [0.2, 0.25) is 0 Å². The quantitative estimate of drug-likeness (QED) is 0.766. The standard InChI is InChI=1S/C10H7FN2O2S/c1-15-8-4-2-3-6(9(8)11)10(14)7-5-12-16-13-7/h2-5H,1H3. The number of rotatable bonds is 3. The van der Waals surface area contributed by atoms with Crippen LogP contribution in [-0.4, -0.2) is 21.6 Å². The van der Waals surface area contributed by atoms with E-state index in [9.17, 15) is 9.18 Å². The molecule has 0 aliphatic heterocycles. The zero-order valence-corrected chi connectivity index (χ0v) is 9.12. The van der Waals surface area contributed by atoms with Crippen LogP contribution in [0.5, 0.6) is 5.75 Å². The maximum Gasteiger partial charge on any atom is 0.217 e. The first-order valence-electron chi connectivity index (χ1n) is 4.39. The minimum Gasteiger partial charge on any atom is -0.494 e. The Morgan fingerprint density at radius 3 is 2.94 bits per heavy atom. The number of hydrogen-bond acceptors (Lipinski definition) is 5. The molecule has 0 unspecified atom stereocenters. The topological polar surface area (TPSA) is 52.1 Å². The normalized spacial score (nSPS) is 10.1. The van der Waals surface area contributed by atoms with Gasteiger partial charge in [0.1, 0.15) is 5.69 Å². The first-order valence-corrected chi connectivity index (χ1v) is 5.12. The van der Waals surface area contributed by atoms with Gasteiger partial charge in [-0.2, -0.15) is 8.75 Å². The summed E-state index contributed by atoms with van der Waals surface area (Å²) in [7, 11) is 1.34. The smallest absolute Gasteiger partial charge is 0.217 e. The van der Waals surface area contributed by atoms with Crippen molar-refractivity contribution in [2.24, 2.45) is 0 Å². The molecule has 16 heavy (non-hydrogen) atoms. The summed E-state index contributed by atoms with van der Waals surface area (Å²) in [6.45, 7) is 0. The maximum absolute atomic E-state index is 13.7. The molecule has 4 nitrogen and oxygen atoms in total. The minimum absolute atomic E-state index is 0.0361. The Hall–Kier alpha value is -1.82. The molecule has 1 aromatic heterocycles. The lowest BCUT2D eigenvalue weighted by Gasteiger charge is -2.04. The lowest BCUT2D eigenvalue weighted by molar-refractivity contribution is 0.103. The van der Waals surface area contributed by atoms with E-state index in [0.717, 1.165) is 11.7 Å². The number of aromatic nitrogens is 2. The number of hydrogen-bond donors (Lipinski definition) is 0. The van der Waals surface area contributed by atoms with E-state index >= 15 is 0 Å². The number of ether oxygens (including phenoxy) is 1. The number of benzene rings is 1. The summed E-state index contributed by atoms with van der Waals surface area (Å²) < 4.78 is 26.0. The van der Waals surface area contributed by atoms with Gasteiger partial charge in [-0.05, 0) is 12.1 Å². The molecule has 82 valence electrons. The summed E-state index contributed by atoms with van der Waals surface area (Å²) >= 11 is 0.904. The second-order valence-corrected chi connectivity index (χ2v) is 3.50. The third-order valence-corrected chi connectivity index (χ3v) is 2.50. The van der Waals surface area contributed by atoms with E-state index < -0.39 is 11.6 Å². The van der Waals surface area contributed by atoms with Gasteiger partial charge in [0.15, 0.2) is 11.6 Å². The van der Waals surface area contributed by atoms with Crippen LogP contribution < -0.4 is 4.74 Å². The molecule has 1 heterocycles. The van der Waals surface area contributed by atoms with Crippen LogP contribution in [0.25, 0.3) is 0 Å². The fourth-order valence-corrected chi connectivity index (χ4v) is 1.66. The molecule has 0 N–H and O–H groups in total. The first kappa shape index (κ1) is 10.7. The average molecular weight is 238 g/mol. The Kier molecular flexibility index (Phi) is 2.91. The highest BCUT2D eigenvalue weighted by molar-refractivity contribution is 6.99. The summed E-state index contributed by atoms with van der Waals surface area (Å²) in [6.07, 6.45) is 1.31. The third kappa shape index (κ3) is 1.79. The summed E-state index contributed by atoms with van der Waals surface area (Å²) in [5.41, 5.74) is 0.0733. The fraction of sp³-hybridized carbons (Fsp3) is 0.100. The highest BCUT2D eigenvalue weighted by atomic mass is 32.1. The van der Waals surface area contributed by atoms with E-state index in [1.54, 1.807) is 6.07 Å². The predicted molar refractivity (Wildman–Crippen MR) is 56.3 cm³/mol. The van der Waals surface area contributed by atoms with Gasteiger partial charge in [-0.15, -0.1) is 0 Å². The highest BCUT2D eigenvalue weighted by Gasteiger charge is 2.18. The van der Waals surface area contributed by atoms with Crippen molar-refractivity contribution < 1.29 is 13.9 Å². The van der Waals surface area contributed by atoms with Crippen LogP contribution in [0.1, 0.15) is 16.1 Å². The van der Waals surface area contributed by atoms with Gasteiger partial charge < -0.3 is 4.74 Å². The minimum atomic E-state index is -0.678. The molecule has 2 aromatic rings. The number of carbonyl (C=O) groups excluding carboxylic acids is 1. The summed E-state index contributed by atoms with van der Waals surface area (Å²) in [4.78, 5) is 11.8. The van der Waals surface area contributed by atoms with Crippen LogP contribution in [-0.2, 0) is 0 Å². The van der Waals surface area contributed by atoms with E-state index in [1.807, 2.05) is 0 Å². The van der Waals surface area contributed by atoms with Gasteiger partial charge in [0.2, 0.25) is 5.78 Å². The maximum atomic E-state index is 13.7. The van der Waals surface area contributed by atoms with E-state index in [2.05, 4.69) is 8.75 Å². The fourth-order valence-electron chi connectivity index (χ4n) is 1.25. The molecule has 0 radical (unpaired) electrons. The van der Waals surface area contributed by atoms with E-state index in [0.29, 0.717) is 0 Å². The van der Waals surface area contributed by atoms with Gasteiger partial charge in [0.25, 0.3) is 0 Å². The summed E-state index contributed by atoms with van der Waals surface area (Å²) in [6, 6.07) is 4.39. The monoisotopic (exact) mass is 238 g/mol. The highest BCUT2D eigenvalue weighted by Crippen LogP contribution is 2.21. The molecule has 0 aliphatic carbocycles. The molecule has 0 bridgehead atoms. The molecule has 0 fully saturated rings. The molecule has 0 aliphatic rings. The molecule has 0 spiro atoms. The molecular weight excluding hydrogens is 231 g/mol. The molecular formula is C10H7FN2O2S. The van der Waals surface area contributed by atoms with E-state index in [4.69, 9.17) is 4.74 Å². The lowest BCUT2D eigenvalue weighted by Crippen LogP contribution is -2.05. The Morgan fingerprint density at radius 2 is 2.31 bits per heavy atom. The van der Waals surface area contributed by atoms with Gasteiger partial charge in [-0.1, -0.05) is 6.07 Å². The molecule has 1 aromatic carbocycles. The zero-order chi connectivity index (χ0) is 11.5. The Morgan fingerprint density at radius 1 is 1.50 bits per heavy atom. The van der Waals surface area contributed by atoms with Crippen molar-refractivity contribution >= 4 is 17.5 Å². The van der Waals surface area contributed by atoms with Gasteiger partial charge in [0.05, 0.1) is 30.6 Å². The molecule has 0 amide bonds. The average Bonchev–Trinajstić information content (AvgIpc) is 2.82. The van der Waals surface area contributed by atoms with Crippen molar-refractivity contribution in [3.05, 3.63) is 41.5 Å². The Bertz CT molecular complexity index is 514. The second kappa shape index (κ2) is 4.36. The Balaban J connectivity index is 2.45. The number of halogens is 1. The van der Waals surface area contributed by atoms with Crippen LogP contribution in [0.15, 0.2) is 24.4 Å². The number of carbonyl (C=O) groups is 1. The van der Waals surface area contributed by atoms with Crippen LogP contribution in [0.3, 0.4) is 0 Å². The number of ketones is 1. The van der Waals surface area contributed by atoms with Gasteiger partial charge in [0, 0.05) is 0 Å². The van der Waals surface area contributed by atoms with Crippen molar-refractivity contribution in [2.75, 3.05) is 7.11 Å². The third-order valence-electron chi connectivity index (χ3n) is 2.02. The zero-order valence-electron chi connectivity index (χ0n) is 8.31. The predicted octanol–water partition coefficient (Wildman–Crippen LogP) is 1.92. The van der Waals surface area contributed by atoms with Gasteiger partial charge in [-0.3, -0.25) is 4.79 Å². The molecule has 0 atom stereocenters. The van der Waals surface area contributed by atoms with Gasteiger partial charge >= 0.3 is 0 Å². The van der Waals surface area contributed by atoms with Crippen LogP contribution >= 0.6 is 11.7 Å². The van der Waals surface area contributed by atoms with E-state index in [-0.39, 0.29) is 17.0 Å². The molecule has 0 saturated heterocycles. The molecule has 6 heteroatoms. The van der Waals surface area contributed by atoms with Crippen LogP contribution in [0, 0.1) is 5.82 Å². The summed E-state index contributed by atoms with van der Waals surface area (Å²) in [5, 5.41) is 0. The van der Waals surface area contributed by atoms with Crippen molar-refractivity contribution in [3.8, 4) is 5.75 Å². The van der Waals surface area contributed by atoms with Crippen molar-refractivity contribution in [3.63, 3.8) is 0 Å². The largest absolute Gasteiger partial charge is 0.494 e. The van der Waals surface area contributed by atoms with Crippen molar-refractivity contribution in [2.45, 2.75) is 0 Å². The number of methoxy groups -OCH3 is 1. The van der Waals surface area contributed by atoms with Crippen molar-refractivity contribution in [1.29, 1.82) is 0 Å². The van der Waals surface area contributed by atoms with Crippen LogP contribution in [0.4, 0.5) is 4.39 Å². The van der Waals surface area contributed by atoms with E-state index in [1.165, 1.54) is 25.4 Å². The summed E-state index contributed by atoms with van der Waals surface area (Å²) in [5.74, 6) is -1.14.